The van der Waals surface area contributed by atoms with Crippen molar-refractivity contribution in [2.75, 3.05) is 13.1 Å². The summed E-state index contributed by atoms with van der Waals surface area (Å²) in [5.74, 6) is 0.0281. The first-order valence-electron chi connectivity index (χ1n) is 7.04. The van der Waals surface area contributed by atoms with Gasteiger partial charge in [-0.1, -0.05) is 12.5 Å². The van der Waals surface area contributed by atoms with E-state index >= 15 is 0 Å². The summed E-state index contributed by atoms with van der Waals surface area (Å²) in [6, 6.07) is 3.93. The van der Waals surface area contributed by atoms with Crippen LogP contribution in [0.1, 0.15) is 46.3 Å². The number of aryl methyl sites for hydroxylation is 1. The van der Waals surface area contributed by atoms with Gasteiger partial charge in [-0.15, -0.1) is 0 Å². The summed E-state index contributed by atoms with van der Waals surface area (Å²) in [5.41, 5.74) is 10.3. The van der Waals surface area contributed by atoms with Crippen LogP contribution in [0.15, 0.2) is 12.1 Å². The standard InChI is InChI=1S/C16H24N2O/c1-11-5-6-14(13(3)12(11)2)15(19)18-10-16(9-17)7-4-8-16/h5-6H,4,7-10,17H2,1-3H3,(H,18,19). The third-order valence-corrected chi connectivity index (χ3v) is 4.77. The van der Waals surface area contributed by atoms with Gasteiger partial charge in [0.1, 0.15) is 0 Å². The molecule has 0 aliphatic heterocycles. The Morgan fingerprint density at radius 2 is 1.95 bits per heavy atom. The molecular formula is C16H24N2O. The molecule has 3 heteroatoms. The van der Waals surface area contributed by atoms with Gasteiger partial charge in [-0.25, -0.2) is 0 Å². The number of hydrogen-bond acceptors (Lipinski definition) is 2. The van der Waals surface area contributed by atoms with Gasteiger partial charge in [0.25, 0.3) is 5.91 Å². The SMILES string of the molecule is Cc1ccc(C(=O)NCC2(CN)CCC2)c(C)c1C. The molecule has 1 saturated carbocycles. The van der Waals surface area contributed by atoms with Crippen LogP contribution in [0.25, 0.3) is 0 Å². The van der Waals surface area contributed by atoms with Crippen molar-refractivity contribution in [2.24, 2.45) is 11.1 Å². The van der Waals surface area contributed by atoms with E-state index in [4.69, 9.17) is 5.73 Å². The predicted octanol–water partition coefficient (Wildman–Crippen LogP) is 2.47. The normalized spacial score (nSPS) is 16.8. The molecule has 0 atom stereocenters. The minimum atomic E-state index is 0.0281. The van der Waals surface area contributed by atoms with Crippen LogP contribution in [0, 0.1) is 26.2 Å². The van der Waals surface area contributed by atoms with Gasteiger partial charge in [-0.3, -0.25) is 4.79 Å². The number of benzene rings is 1. The monoisotopic (exact) mass is 260 g/mol. The van der Waals surface area contributed by atoms with Crippen LogP contribution in [0.2, 0.25) is 0 Å². The van der Waals surface area contributed by atoms with Crippen LogP contribution in [-0.4, -0.2) is 19.0 Å². The molecule has 3 N–H and O–H groups in total. The van der Waals surface area contributed by atoms with Gasteiger partial charge in [0.2, 0.25) is 0 Å². The van der Waals surface area contributed by atoms with E-state index in [9.17, 15) is 4.79 Å². The van der Waals surface area contributed by atoms with Gasteiger partial charge < -0.3 is 11.1 Å². The fourth-order valence-corrected chi connectivity index (χ4v) is 2.69. The topological polar surface area (TPSA) is 55.1 Å². The third-order valence-electron chi connectivity index (χ3n) is 4.77. The molecule has 1 amide bonds. The predicted molar refractivity (Wildman–Crippen MR) is 78.3 cm³/mol. The Bertz CT molecular complexity index is 484. The Kier molecular flexibility index (Phi) is 3.95. The van der Waals surface area contributed by atoms with E-state index in [1.165, 1.54) is 17.5 Å². The largest absolute Gasteiger partial charge is 0.351 e. The van der Waals surface area contributed by atoms with E-state index < -0.39 is 0 Å². The summed E-state index contributed by atoms with van der Waals surface area (Å²) < 4.78 is 0. The zero-order valence-corrected chi connectivity index (χ0v) is 12.2. The molecule has 1 aromatic carbocycles. The first kappa shape index (κ1) is 14.1. The molecule has 1 aliphatic carbocycles. The molecular weight excluding hydrogens is 236 g/mol. The second-order valence-electron chi connectivity index (χ2n) is 5.92. The van der Waals surface area contributed by atoms with Crippen LogP contribution >= 0.6 is 0 Å². The molecule has 3 nitrogen and oxygen atoms in total. The lowest BCUT2D eigenvalue weighted by molar-refractivity contribution is 0.0875. The summed E-state index contributed by atoms with van der Waals surface area (Å²) >= 11 is 0. The van der Waals surface area contributed by atoms with Crippen molar-refractivity contribution < 1.29 is 4.79 Å². The molecule has 0 radical (unpaired) electrons. The van der Waals surface area contributed by atoms with Crippen LogP contribution in [-0.2, 0) is 0 Å². The van der Waals surface area contributed by atoms with Crippen molar-refractivity contribution >= 4 is 5.91 Å². The average molecular weight is 260 g/mol. The molecule has 1 fully saturated rings. The second kappa shape index (κ2) is 5.33. The Hall–Kier alpha value is -1.35. The summed E-state index contributed by atoms with van der Waals surface area (Å²) in [6.45, 7) is 7.52. The Morgan fingerprint density at radius 3 is 2.47 bits per heavy atom. The first-order chi connectivity index (χ1) is 8.99. The zero-order chi connectivity index (χ0) is 14.0. The van der Waals surface area contributed by atoms with E-state index in [2.05, 4.69) is 19.2 Å². The van der Waals surface area contributed by atoms with Gasteiger partial charge in [-0.05, 0) is 68.3 Å². The van der Waals surface area contributed by atoms with Gasteiger partial charge in [-0.2, -0.15) is 0 Å². The Labute approximate surface area is 115 Å². The van der Waals surface area contributed by atoms with Crippen molar-refractivity contribution in [2.45, 2.75) is 40.0 Å². The number of rotatable bonds is 4. The number of carbonyl (C=O) groups is 1. The summed E-state index contributed by atoms with van der Waals surface area (Å²) in [7, 11) is 0. The smallest absolute Gasteiger partial charge is 0.251 e. The maximum absolute atomic E-state index is 12.3. The highest BCUT2D eigenvalue weighted by Gasteiger charge is 2.35. The van der Waals surface area contributed by atoms with Gasteiger partial charge >= 0.3 is 0 Å². The minimum absolute atomic E-state index is 0.0281. The molecule has 0 unspecified atom stereocenters. The number of carbonyl (C=O) groups excluding carboxylic acids is 1. The third kappa shape index (κ3) is 2.66. The van der Waals surface area contributed by atoms with E-state index in [1.807, 2.05) is 19.1 Å². The van der Waals surface area contributed by atoms with E-state index in [0.717, 1.165) is 24.0 Å². The lowest BCUT2D eigenvalue weighted by atomic mass is 9.69. The van der Waals surface area contributed by atoms with Crippen LogP contribution in [0.5, 0.6) is 0 Å². The van der Waals surface area contributed by atoms with Gasteiger partial charge in [0.15, 0.2) is 0 Å². The summed E-state index contributed by atoms with van der Waals surface area (Å²) in [4.78, 5) is 12.3. The molecule has 0 aromatic heterocycles. The fourth-order valence-electron chi connectivity index (χ4n) is 2.69. The molecule has 2 rings (SSSR count). The van der Waals surface area contributed by atoms with Crippen molar-refractivity contribution in [3.63, 3.8) is 0 Å². The molecule has 19 heavy (non-hydrogen) atoms. The zero-order valence-electron chi connectivity index (χ0n) is 12.2. The number of nitrogens with two attached hydrogens (primary N) is 1. The molecule has 0 heterocycles. The van der Waals surface area contributed by atoms with E-state index in [-0.39, 0.29) is 11.3 Å². The van der Waals surface area contributed by atoms with Crippen LogP contribution < -0.4 is 11.1 Å². The van der Waals surface area contributed by atoms with Crippen molar-refractivity contribution in [1.82, 2.24) is 5.32 Å². The van der Waals surface area contributed by atoms with E-state index in [1.54, 1.807) is 0 Å². The lowest BCUT2D eigenvalue weighted by Crippen LogP contribution is -2.47. The molecule has 1 aliphatic rings. The van der Waals surface area contributed by atoms with Crippen LogP contribution in [0.3, 0.4) is 0 Å². The minimum Gasteiger partial charge on any atom is -0.351 e. The van der Waals surface area contributed by atoms with Gasteiger partial charge in [0.05, 0.1) is 0 Å². The average Bonchev–Trinajstić information content (AvgIpc) is 2.35. The quantitative estimate of drug-likeness (QED) is 0.873. The number of nitrogens with one attached hydrogen (secondary N) is 1. The number of hydrogen-bond donors (Lipinski definition) is 2. The maximum atomic E-state index is 12.3. The second-order valence-corrected chi connectivity index (χ2v) is 5.92. The summed E-state index contributed by atoms with van der Waals surface area (Å²) in [6.07, 6.45) is 3.50. The van der Waals surface area contributed by atoms with Crippen molar-refractivity contribution in [3.8, 4) is 0 Å². The van der Waals surface area contributed by atoms with Crippen LogP contribution in [0.4, 0.5) is 0 Å². The maximum Gasteiger partial charge on any atom is 0.251 e. The fraction of sp³-hybridized carbons (Fsp3) is 0.562. The first-order valence-corrected chi connectivity index (χ1v) is 7.04. The lowest BCUT2D eigenvalue weighted by Gasteiger charge is -2.41. The Morgan fingerprint density at radius 1 is 1.26 bits per heavy atom. The number of amides is 1. The van der Waals surface area contributed by atoms with Crippen molar-refractivity contribution in [3.05, 3.63) is 34.4 Å². The molecule has 0 spiro atoms. The molecule has 104 valence electrons. The Balaban J connectivity index is 2.06. The highest BCUT2D eigenvalue weighted by atomic mass is 16.1. The molecule has 1 aromatic rings. The molecule has 0 saturated heterocycles. The highest BCUT2D eigenvalue weighted by molar-refractivity contribution is 5.96. The molecule has 0 bridgehead atoms. The summed E-state index contributed by atoms with van der Waals surface area (Å²) in [5, 5.41) is 3.06. The highest BCUT2D eigenvalue weighted by Crippen LogP contribution is 2.39. The van der Waals surface area contributed by atoms with Crippen molar-refractivity contribution in [1.29, 1.82) is 0 Å². The van der Waals surface area contributed by atoms with Gasteiger partial charge in [0, 0.05) is 12.1 Å². The van der Waals surface area contributed by atoms with E-state index in [0.29, 0.717) is 13.1 Å².